The van der Waals surface area contributed by atoms with Crippen LogP contribution in [-0.2, 0) is 6.54 Å². The maximum absolute atomic E-state index is 4.70. The fourth-order valence-corrected chi connectivity index (χ4v) is 2.97. The summed E-state index contributed by atoms with van der Waals surface area (Å²) in [6.45, 7) is 5.00. The largest absolute Gasteiger partial charge is 0.378 e. The third-order valence-corrected chi connectivity index (χ3v) is 4.29. The van der Waals surface area contributed by atoms with Crippen LogP contribution in [0.1, 0.15) is 16.1 Å². The molecule has 0 amide bonds. The zero-order chi connectivity index (χ0) is 14.7. The lowest BCUT2D eigenvalue weighted by molar-refractivity contribution is 1.10. The second kappa shape index (κ2) is 6.10. The Balaban J connectivity index is 1.72. The molecule has 0 fully saturated rings. The molecule has 0 bridgehead atoms. The van der Waals surface area contributed by atoms with Gasteiger partial charge in [0.1, 0.15) is 5.01 Å². The van der Waals surface area contributed by atoms with E-state index in [2.05, 4.69) is 54.9 Å². The monoisotopic (exact) mass is 294 g/mol. The van der Waals surface area contributed by atoms with Crippen molar-refractivity contribution in [3.05, 3.63) is 70.0 Å². The van der Waals surface area contributed by atoms with Gasteiger partial charge in [-0.2, -0.15) is 0 Å². The minimum absolute atomic E-state index is 0.766. The van der Waals surface area contributed by atoms with Gasteiger partial charge in [0.15, 0.2) is 0 Å². The highest BCUT2D eigenvalue weighted by Gasteiger charge is 2.05. The van der Waals surface area contributed by atoms with E-state index in [0.29, 0.717) is 0 Å². The van der Waals surface area contributed by atoms with Crippen molar-refractivity contribution in [2.45, 2.75) is 20.4 Å². The molecule has 0 radical (unpaired) electrons. The van der Waals surface area contributed by atoms with Gasteiger partial charge in [0, 0.05) is 16.6 Å². The maximum atomic E-state index is 4.70. The molecule has 3 heteroatoms. The van der Waals surface area contributed by atoms with Crippen LogP contribution < -0.4 is 5.32 Å². The molecule has 0 aliphatic heterocycles. The van der Waals surface area contributed by atoms with Gasteiger partial charge >= 0.3 is 0 Å². The summed E-state index contributed by atoms with van der Waals surface area (Å²) in [5.41, 5.74) is 5.95. The van der Waals surface area contributed by atoms with Crippen LogP contribution in [0.4, 0.5) is 5.69 Å². The Kier molecular flexibility index (Phi) is 4.02. The van der Waals surface area contributed by atoms with E-state index in [0.717, 1.165) is 17.2 Å². The predicted octanol–water partition coefficient (Wildman–Crippen LogP) is 5.04. The standard InChI is InChI=1S/C18H18N2S/c1-13-8-9-14(2)16(10-13)19-11-18-20-17(12-21-18)15-6-4-3-5-7-15/h3-10,12,19H,11H2,1-2H3. The second-order valence-electron chi connectivity index (χ2n) is 5.16. The number of anilines is 1. The van der Waals surface area contributed by atoms with Crippen molar-refractivity contribution in [3.63, 3.8) is 0 Å². The van der Waals surface area contributed by atoms with Crippen molar-refractivity contribution in [2.24, 2.45) is 0 Å². The Labute approximate surface area is 129 Å². The number of rotatable bonds is 4. The maximum Gasteiger partial charge on any atom is 0.112 e. The first-order valence-corrected chi connectivity index (χ1v) is 7.91. The van der Waals surface area contributed by atoms with Crippen molar-refractivity contribution in [1.29, 1.82) is 0 Å². The molecule has 21 heavy (non-hydrogen) atoms. The Hall–Kier alpha value is -2.13. The molecule has 2 nitrogen and oxygen atoms in total. The number of nitrogens with one attached hydrogen (secondary N) is 1. The topological polar surface area (TPSA) is 24.9 Å². The minimum atomic E-state index is 0.766. The van der Waals surface area contributed by atoms with Crippen LogP contribution in [0.15, 0.2) is 53.9 Å². The van der Waals surface area contributed by atoms with Gasteiger partial charge in [0.25, 0.3) is 0 Å². The summed E-state index contributed by atoms with van der Waals surface area (Å²) in [7, 11) is 0. The highest BCUT2D eigenvalue weighted by atomic mass is 32.1. The Morgan fingerprint density at radius 1 is 1.05 bits per heavy atom. The van der Waals surface area contributed by atoms with E-state index in [1.807, 2.05) is 18.2 Å². The zero-order valence-corrected chi connectivity index (χ0v) is 13.1. The number of hydrogen-bond donors (Lipinski definition) is 1. The number of thiazole rings is 1. The quantitative estimate of drug-likeness (QED) is 0.729. The van der Waals surface area contributed by atoms with Gasteiger partial charge in [-0.25, -0.2) is 4.98 Å². The van der Waals surface area contributed by atoms with Crippen molar-refractivity contribution in [3.8, 4) is 11.3 Å². The molecule has 0 saturated carbocycles. The fraction of sp³-hybridized carbons (Fsp3) is 0.167. The molecule has 2 aromatic carbocycles. The van der Waals surface area contributed by atoms with E-state index >= 15 is 0 Å². The molecule has 0 aliphatic carbocycles. The van der Waals surface area contributed by atoms with Crippen molar-refractivity contribution in [2.75, 3.05) is 5.32 Å². The Morgan fingerprint density at radius 3 is 2.67 bits per heavy atom. The first kappa shape index (κ1) is 13.8. The number of nitrogens with zero attached hydrogens (tertiary/aromatic N) is 1. The van der Waals surface area contributed by atoms with Crippen LogP contribution >= 0.6 is 11.3 Å². The first-order valence-electron chi connectivity index (χ1n) is 7.03. The SMILES string of the molecule is Cc1ccc(C)c(NCc2nc(-c3ccccc3)cs2)c1. The number of aromatic nitrogens is 1. The molecular weight excluding hydrogens is 276 g/mol. The van der Waals surface area contributed by atoms with E-state index in [1.165, 1.54) is 22.4 Å². The molecule has 1 aromatic heterocycles. The van der Waals surface area contributed by atoms with Gasteiger partial charge in [-0.1, -0.05) is 42.5 Å². The normalized spacial score (nSPS) is 10.6. The van der Waals surface area contributed by atoms with E-state index in [9.17, 15) is 0 Å². The lowest BCUT2D eigenvalue weighted by Crippen LogP contribution is -2.01. The van der Waals surface area contributed by atoms with Crippen molar-refractivity contribution < 1.29 is 0 Å². The molecular formula is C18H18N2S. The third kappa shape index (κ3) is 3.31. The highest BCUT2D eigenvalue weighted by Crippen LogP contribution is 2.23. The molecule has 106 valence electrons. The van der Waals surface area contributed by atoms with Gasteiger partial charge < -0.3 is 5.32 Å². The molecule has 0 atom stereocenters. The molecule has 0 unspecified atom stereocenters. The highest BCUT2D eigenvalue weighted by molar-refractivity contribution is 7.09. The molecule has 3 rings (SSSR count). The summed E-state index contributed by atoms with van der Waals surface area (Å²) in [5.74, 6) is 0. The van der Waals surface area contributed by atoms with Crippen LogP contribution in [0, 0.1) is 13.8 Å². The van der Waals surface area contributed by atoms with E-state index in [1.54, 1.807) is 11.3 Å². The summed E-state index contributed by atoms with van der Waals surface area (Å²) in [6.07, 6.45) is 0. The molecule has 0 aliphatic rings. The summed E-state index contributed by atoms with van der Waals surface area (Å²) in [6, 6.07) is 16.8. The Morgan fingerprint density at radius 2 is 1.86 bits per heavy atom. The van der Waals surface area contributed by atoms with E-state index in [-0.39, 0.29) is 0 Å². The fourth-order valence-electron chi connectivity index (χ4n) is 2.23. The van der Waals surface area contributed by atoms with Crippen LogP contribution in [0.2, 0.25) is 0 Å². The second-order valence-corrected chi connectivity index (χ2v) is 6.11. The predicted molar refractivity (Wildman–Crippen MR) is 90.8 cm³/mol. The number of benzene rings is 2. The van der Waals surface area contributed by atoms with Crippen LogP contribution in [0.3, 0.4) is 0 Å². The van der Waals surface area contributed by atoms with Gasteiger partial charge in [-0.3, -0.25) is 0 Å². The third-order valence-electron chi connectivity index (χ3n) is 3.44. The average molecular weight is 294 g/mol. The minimum Gasteiger partial charge on any atom is -0.378 e. The average Bonchev–Trinajstić information content (AvgIpc) is 2.98. The molecule has 1 N–H and O–H groups in total. The van der Waals surface area contributed by atoms with E-state index in [4.69, 9.17) is 4.98 Å². The smallest absolute Gasteiger partial charge is 0.112 e. The lowest BCUT2D eigenvalue weighted by atomic mass is 10.1. The number of hydrogen-bond acceptors (Lipinski definition) is 3. The molecule has 1 heterocycles. The van der Waals surface area contributed by atoms with Crippen molar-refractivity contribution in [1.82, 2.24) is 4.98 Å². The molecule has 0 spiro atoms. The molecule has 0 saturated heterocycles. The molecule has 3 aromatic rings. The van der Waals surface area contributed by atoms with Gasteiger partial charge in [-0.15, -0.1) is 11.3 Å². The first-order chi connectivity index (χ1) is 10.2. The van der Waals surface area contributed by atoms with Crippen LogP contribution in [0.25, 0.3) is 11.3 Å². The van der Waals surface area contributed by atoms with Gasteiger partial charge in [0.05, 0.1) is 12.2 Å². The summed E-state index contributed by atoms with van der Waals surface area (Å²) >= 11 is 1.70. The number of aryl methyl sites for hydroxylation is 2. The van der Waals surface area contributed by atoms with Crippen molar-refractivity contribution >= 4 is 17.0 Å². The zero-order valence-electron chi connectivity index (χ0n) is 12.3. The van der Waals surface area contributed by atoms with Crippen LogP contribution in [-0.4, -0.2) is 4.98 Å². The van der Waals surface area contributed by atoms with Gasteiger partial charge in [0.2, 0.25) is 0 Å². The van der Waals surface area contributed by atoms with Gasteiger partial charge in [-0.05, 0) is 31.0 Å². The van der Waals surface area contributed by atoms with Crippen LogP contribution in [0.5, 0.6) is 0 Å². The summed E-state index contributed by atoms with van der Waals surface area (Å²) < 4.78 is 0. The summed E-state index contributed by atoms with van der Waals surface area (Å²) in [4.78, 5) is 4.70. The summed E-state index contributed by atoms with van der Waals surface area (Å²) in [5, 5.41) is 6.71. The lowest BCUT2D eigenvalue weighted by Gasteiger charge is -2.08. The Bertz CT molecular complexity index is 732. The van der Waals surface area contributed by atoms with E-state index < -0.39 is 0 Å².